The Labute approximate surface area is 145 Å². The summed E-state index contributed by atoms with van der Waals surface area (Å²) in [6.07, 6.45) is 0.733. The van der Waals surface area contributed by atoms with Crippen molar-refractivity contribution < 1.29 is 4.79 Å². The molecule has 0 fully saturated rings. The molecular weight excluding hydrogens is 294 g/mol. The van der Waals surface area contributed by atoms with Gasteiger partial charge < -0.3 is 4.90 Å². The Kier molecular flexibility index (Phi) is 3.82. The van der Waals surface area contributed by atoms with Crippen LogP contribution in [0.2, 0.25) is 0 Å². The average Bonchev–Trinajstić information content (AvgIpc) is 2.71. The molecule has 1 amide bonds. The molecule has 2 heteroatoms. The summed E-state index contributed by atoms with van der Waals surface area (Å²) in [5.74, 6) is 0.184. The molecule has 0 spiro atoms. The summed E-state index contributed by atoms with van der Waals surface area (Å²) in [4.78, 5) is 14.9. The van der Waals surface area contributed by atoms with Crippen LogP contribution in [0, 0.1) is 6.92 Å². The number of carbonyl (C=O) groups is 1. The van der Waals surface area contributed by atoms with Crippen LogP contribution in [0.3, 0.4) is 0 Å². The fourth-order valence-electron chi connectivity index (χ4n) is 3.62. The first-order valence-corrected chi connectivity index (χ1v) is 8.62. The van der Waals surface area contributed by atoms with Crippen LogP contribution < -0.4 is 4.90 Å². The van der Waals surface area contributed by atoms with Crippen molar-refractivity contribution in [2.45, 2.75) is 51.9 Å². The molecule has 3 rings (SSSR count). The fraction of sp³-hybridized carbons (Fsp3) is 0.409. The summed E-state index contributed by atoms with van der Waals surface area (Å²) in [6.45, 7) is 10.8. The van der Waals surface area contributed by atoms with Crippen molar-refractivity contribution in [3.63, 3.8) is 0 Å². The van der Waals surface area contributed by atoms with Gasteiger partial charge in [-0.25, -0.2) is 0 Å². The van der Waals surface area contributed by atoms with E-state index in [2.05, 4.69) is 77.1 Å². The summed E-state index contributed by atoms with van der Waals surface area (Å²) in [7, 11) is 1.89. The Morgan fingerprint density at radius 1 is 1.04 bits per heavy atom. The van der Waals surface area contributed by atoms with Crippen LogP contribution in [0.4, 0.5) is 5.69 Å². The number of likely N-dealkylation sites (N-methyl/N-ethyl adjacent to an activating group) is 1. The minimum atomic E-state index is -0.499. The van der Waals surface area contributed by atoms with E-state index in [0.717, 1.165) is 17.7 Å². The highest BCUT2D eigenvalue weighted by atomic mass is 16.2. The molecule has 0 aliphatic carbocycles. The third-order valence-corrected chi connectivity index (χ3v) is 5.27. The number of fused-ring (bicyclic) bond motifs is 1. The third-order valence-electron chi connectivity index (χ3n) is 5.27. The Balaban J connectivity index is 2.09. The van der Waals surface area contributed by atoms with Gasteiger partial charge in [0.15, 0.2) is 0 Å². The van der Waals surface area contributed by atoms with E-state index in [1.165, 1.54) is 16.7 Å². The van der Waals surface area contributed by atoms with Crippen molar-refractivity contribution >= 4 is 11.6 Å². The van der Waals surface area contributed by atoms with Crippen LogP contribution in [0.5, 0.6) is 0 Å². The van der Waals surface area contributed by atoms with Crippen molar-refractivity contribution in [3.05, 3.63) is 64.7 Å². The monoisotopic (exact) mass is 321 g/mol. The second-order valence-electron chi connectivity index (χ2n) is 8.34. The first kappa shape index (κ1) is 16.8. The molecule has 0 radical (unpaired) electrons. The van der Waals surface area contributed by atoms with Gasteiger partial charge in [0.05, 0.1) is 5.41 Å². The molecule has 2 aromatic rings. The van der Waals surface area contributed by atoms with Crippen molar-refractivity contribution in [2.75, 3.05) is 11.9 Å². The highest BCUT2D eigenvalue weighted by molar-refractivity contribution is 6.07. The molecular formula is C22H27NO. The number of amides is 1. The van der Waals surface area contributed by atoms with E-state index in [4.69, 9.17) is 0 Å². The van der Waals surface area contributed by atoms with Crippen molar-refractivity contribution in [1.82, 2.24) is 0 Å². The number of hydrogen-bond donors (Lipinski definition) is 0. The molecule has 24 heavy (non-hydrogen) atoms. The van der Waals surface area contributed by atoms with Gasteiger partial charge in [0.1, 0.15) is 0 Å². The minimum Gasteiger partial charge on any atom is -0.314 e. The quantitative estimate of drug-likeness (QED) is 0.780. The molecule has 1 aliphatic heterocycles. The lowest BCUT2D eigenvalue weighted by Crippen LogP contribution is -2.37. The van der Waals surface area contributed by atoms with Crippen molar-refractivity contribution in [3.8, 4) is 0 Å². The van der Waals surface area contributed by atoms with E-state index in [1.54, 1.807) is 0 Å². The van der Waals surface area contributed by atoms with Gasteiger partial charge in [-0.2, -0.15) is 0 Å². The number of nitrogens with zero attached hydrogens (tertiary/aromatic N) is 1. The van der Waals surface area contributed by atoms with Gasteiger partial charge in [-0.1, -0.05) is 62.7 Å². The van der Waals surface area contributed by atoms with Crippen LogP contribution in [0.15, 0.2) is 42.5 Å². The summed E-state index contributed by atoms with van der Waals surface area (Å²) in [5, 5.41) is 0. The van der Waals surface area contributed by atoms with E-state index in [0.29, 0.717) is 0 Å². The number of benzene rings is 2. The normalized spacial score (nSPS) is 20.4. The minimum absolute atomic E-state index is 0.0734. The Morgan fingerprint density at radius 2 is 1.67 bits per heavy atom. The third kappa shape index (κ3) is 2.64. The first-order valence-electron chi connectivity index (χ1n) is 8.62. The molecule has 2 aromatic carbocycles. The molecule has 1 heterocycles. The van der Waals surface area contributed by atoms with Crippen molar-refractivity contribution in [1.29, 1.82) is 0 Å². The first-order chi connectivity index (χ1) is 11.1. The molecule has 2 nitrogen and oxygen atoms in total. The van der Waals surface area contributed by atoms with E-state index >= 15 is 0 Å². The molecule has 0 saturated heterocycles. The van der Waals surface area contributed by atoms with Crippen LogP contribution in [0.1, 0.15) is 49.9 Å². The number of rotatable bonds is 2. The SMILES string of the molecule is Cc1ccc(CC2(C)C(=O)N(C)c3ccc(C(C)(C)C)cc32)cc1. The second kappa shape index (κ2) is 5.47. The zero-order valence-electron chi connectivity index (χ0n) is 15.6. The standard InChI is InChI=1S/C22H27NO/c1-15-7-9-16(10-8-15)14-22(5)18-13-17(21(2,3)4)11-12-19(18)23(6)20(22)24/h7-13H,14H2,1-6H3. The topological polar surface area (TPSA) is 20.3 Å². The van der Waals surface area contributed by atoms with Crippen LogP contribution in [0.25, 0.3) is 0 Å². The van der Waals surface area contributed by atoms with Gasteiger partial charge in [0.25, 0.3) is 0 Å². The van der Waals surface area contributed by atoms with E-state index in [9.17, 15) is 4.79 Å². The molecule has 1 atom stereocenters. The number of hydrogen-bond acceptors (Lipinski definition) is 1. The molecule has 1 aliphatic rings. The predicted octanol–water partition coefficient (Wildman–Crippen LogP) is 4.77. The predicted molar refractivity (Wildman–Crippen MR) is 101 cm³/mol. The van der Waals surface area contributed by atoms with Crippen LogP contribution >= 0.6 is 0 Å². The number of anilines is 1. The molecule has 1 unspecified atom stereocenters. The van der Waals surface area contributed by atoms with Crippen LogP contribution in [-0.4, -0.2) is 13.0 Å². The van der Waals surface area contributed by atoms with Gasteiger partial charge in [-0.15, -0.1) is 0 Å². The second-order valence-corrected chi connectivity index (χ2v) is 8.34. The lowest BCUT2D eigenvalue weighted by molar-refractivity contribution is -0.122. The molecule has 0 N–H and O–H groups in total. The Bertz CT molecular complexity index is 783. The largest absolute Gasteiger partial charge is 0.314 e. The van der Waals surface area contributed by atoms with Gasteiger partial charge in [0, 0.05) is 12.7 Å². The highest BCUT2D eigenvalue weighted by Gasteiger charge is 2.46. The highest BCUT2D eigenvalue weighted by Crippen LogP contribution is 2.44. The van der Waals surface area contributed by atoms with Gasteiger partial charge in [0.2, 0.25) is 5.91 Å². The maximum Gasteiger partial charge on any atom is 0.237 e. The molecule has 126 valence electrons. The molecule has 0 bridgehead atoms. The summed E-state index contributed by atoms with van der Waals surface area (Å²) >= 11 is 0. The van der Waals surface area contributed by atoms with Gasteiger partial charge in [-0.3, -0.25) is 4.79 Å². The van der Waals surface area contributed by atoms with E-state index in [-0.39, 0.29) is 11.3 Å². The van der Waals surface area contributed by atoms with E-state index in [1.807, 2.05) is 11.9 Å². The van der Waals surface area contributed by atoms with Gasteiger partial charge in [-0.05, 0) is 48.4 Å². The maximum absolute atomic E-state index is 13.0. The van der Waals surface area contributed by atoms with E-state index < -0.39 is 5.41 Å². The Morgan fingerprint density at radius 3 is 2.25 bits per heavy atom. The smallest absolute Gasteiger partial charge is 0.237 e. The molecule has 0 aromatic heterocycles. The average molecular weight is 321 g/mol. The maximum atomic E-state index is 13.0. The Hall–Kier alpha value is -2.09. The summed E-state index contributed by atoms with van der Waals surface area (Å²) < 4.78 is 0. The zero-order chi connectivity index (χ0) is 17.7. The lowest BCUT2D eigenvalue weighted by atomic mass is 9.76. The summed E-state index contributed by atoms with van der Waals surface area (Å²) in [5.41, 5.74) is 5.50. The molecule has 0 saturated carbocycles. The van der Waals surface area contributed by atoms with Gasteiger partial charge >= 0.3 is 0 Å². The van der Waals surface area contributed by atoms with Crippen molar-refractivity contribution in [2.24, 2.45) is 0 Å². The fourth-order valence-corrected chi connectivity index (χ4v) is 3.62. The number of carbonyl (C=O) groups excluding carboxylic acids is 1. The zero-order valence-corrected chi connectivity index (χ0v) is 15.6. The lowest BCUT2D eigenvalue weighted by Gasteiger charge is -2.25. The van der Waals surface area contributed by atoms with Crippen LogP contribution in [-0.2, 0) is 22.0 Å². The number of aryl methyl sites for hydroxylation is 1. The summed E-state index contributed by atoms with van der Waals surface area (Å²) in [6, 6.07) is 15.0.